The van der Waals surface area contributed by atoms with E-state index in [-0.39, 0.29) is 23.5 Å². The Morgan fingerprint density at radius 1 is 1.19 bits per heavy atom. The van der Waals surface area contributed by atoms with Gasteiger partial charge in [-0.2, -0.15) is 0 Å². The van der Waals surface area contributed by atoms with Crippen LogP contribution in [-0.4, -0.2) is 35.3 Å². The number of methoxy groups -OCH3 is 1. The second kappa shape index (κ2) is 5.76. The highest BCUT2D eigenvalue weighted by atomic mass is 16.5. The SMILES string of the molecule is COc1ccc([C@@]2(O)COc3c(ccc4c3C=CC(C)(C)O4)C2=O)c(O)c1. The van der Waals surface area contributed by atoms with Crippen LogP contribution < -0.4 is 14.2 Å². The predicted molar refractivity (Wildman–Crippen MR) is 98.6 cm³/mol. The molecule has 140 valence electrons. The monoisotopic (exact) mass is 368 g/mol. The van der Waals surface area contributed by atoms with Crippen molar-refractivity contribution in [2.45, 2.75) is 25.0 Å². The van der Waals surface area contributed by atoms with Crippen LogP contribution in [0.5, 0.6) is 23.0 Å². The lowest BCUT2D eigenvalue weighted by Gasteiger charge is -2.35. The number of phenols is 1. The van der Waals surface area contributed by atoms with Gasteiger partial charge in [-0.25, -0.2) is 0 Å². The molecule has 6 nitrogen and oxygen atoms in total. The van der Waals surface area contributed by atoms with Crippen molar-refractivity contribution >= 4 is 11.9 Å². The maximum Gasteiger partial charge on any atom is 0.206 e. The van der Waals surface area contributed by atoms with Gasteiger partial charge in [0.2, 0.25) is 5.78 Å². The number of ether oxygens (including phenoxy) is 3. The molecule has 6 heteroatoms. The first-order valence-electron chi connectivity index (χ1n) is 8.58. The predicted octanol–water partition coefficient (Wildman–Crippen LogP) is 3.05. The van der Waals surface area contributed by atoms with Crippen molar-refractivity contribution in [3.05, 3.63) is 53.1 Å². The van der Waals surface area contributed by atoms with Gasteiger partial charge in [0.1, 0.15) is 35.2 Å². The number of ketones is 1. The Morgan fingerprint density at radius 2 is 1.96 bits per heavy atom. The van der Waals surface area contributed by atoms with E-state index in [9.17, 15) is 15.0 Å². The summed E-state index contributed by atoms with van der Waals surface area (Å²) in [4.78, 5) is 13.1. The number of Topliss-reactive ketones (excluding diaryl/α,β-unsaturated/α-hetero) is 1. The van der Waals surface area contributed by atoms with Crippen LogP contribution in [0.15, 0.2) is 36.4 Å². The Hall–Kier alpha value is -2.99. The van der Waals surface area contributed by atoms with Crippen molar-refractivity contribution in [2.75, 3.05) is 13.7 Å². The molecular weight excluding hydrogens is 348 g/mol. The van der Waals surface area contributed by atoms with Crippen LogP contribution in [0.3, 0.4) is 0 Å². The van der Waals surface area contributed by atoms with Crippen molar-refractivity contribution in [3.63, 3.8) is 0 Å². The number of hydrogen-bond donors (Lipinski definition) is 2. The van der Waals surface area contributed by atoms with Gasteiger partial charge in [-0.05, 0) is 50.3 Å². The molecule has 0 saturated carbocycles. The number of benzene rings is 2. The van der Waals surface area contributed by atoms with E-state index < -0.39 is 17.0 Å². The second-order valence-electron chi connectivity index (χ2n) is 7.25. The van der Waals surface area contributed by atoms with Crippen LogP contribution in [0.2, 0.25) is 0 Å². The van der Waals surface area contributed by atoms with E-state index in [0.29, 0.717) is 22.8 Å². The first-order chi connectivity index (χ1) is 12.7. The molecule has 0 amide bonds. The third kappa shape index (κ3) is 2.64. The number of aliphatic hydroxyl groups is 1. The van der Waals surface area contributed by atoms with E-state index in [2.05, 4.69) is 0 Å². The van der Waals surface area contributed by atoms with E-state index >= 15 is 0 Å². The fourth-order valence-electron chi connectivity index (χ4n) is 3.42. The summed E-state index contributed by atoms with van der Waals surface area (Å²) >= 11 is 0. The zero-order valence-electron chi connectivity index (χ0n) is 15.3. The zero-order valence-corrected chi connectivity index (χ0v) is 15.3. The molecule has 0 unspecified atom stereocenters. The summed E-state index contributed by atoms with van der Waals surface area (Å²) in [6, 6.07) is 7.66. The lowest BCUT2D eigenvalue weighted by atomic mass is 9.83. The van der Waals surface area contributed by atoms with Gasteiger partial charge in [0, 0.05) is 11.6 Å². The van der Waals surface area contributed by atoms with E-state index in [4.69, 9.17) is 14.2 Å². The third-order valence-electron chi connectivity index (χ3n) is 4.88. The number of carbonyl (C=O) groups excluding carboxylic acids is 1. The number of hydrogen-bond acceptors (Lipinski definition) is 6. The third-order valence-corrected chi connectivity index (χ3v) is 4.88. The van der Waals surface area contributed by atoms with Crippen LogP contribution >= 0.6 is 0 Å². The maximum absolute atomic E-state index is 13.1. The van der Waals surface area contributed by atoms with Crippen molar-refractivity contribution in [1.82, 2.24) is 0 Å². The minimum Gasteiger partial charge on any atom is -0.507 e. The van der Waals surface area contributed by atoms with Crippen LogP contribution in [-0.2, 0) is 5.60 Å². The van der Waals surface area contributed by atoms with Gasteiger partial charge < -0.3 is 24.4 Å². The highest BCUT2D eigenvalue weighted by Gasteiger charge is 2.47. The molecule has 2 aromatic carbocycles. The summed E-state index contributed by atoms with van der Waals surface area (Å²) in [6.07, 6.45) is 3.75. The van der Waals surface area contributed by atoms with Gasteiger partial charge in [-0.1, -0.05) is 0 Å². The Labute approximate surface area is 156 Å². The van der Waals surface area contributed by atoms with E-state index in [1.54, 1.807) is 18.2 Å². The summed E-state index contributed by atoms with van der Waals surface area (Å²) in [6.45, 7) is 3.55. The number of carbonyl (C=O) groups is 1. The summed E-state index contributed by atoms with van der Waals surface area (Å²) in [5, 5.41) is 21.3. The highest BCUT2D eigenvalue weighted by molar-refractivity contribution is 6.07. The average molecular weight is 368 g/mol. The van der Waals surface area contributed by atoms with Gasteiger partial charge in [0.25, 0.3) is 0 Å². The standard InChI is InChI=1S/C21H20O6/c1-20(2)9-8-13-17(27-20)7-5-14-18(13)26-11-21(24,19(14)23)15-6-4-12(25-3)10-16(15)22/h4-10,22,24H,11H2,1-3H3/t21-/m0/s1. The fourth-order valence-corrected chi connectivity index (χ4v) is 3.42. The number of phenolic OH excluding ortho intramolecular Hbond substituents is 1. The minimum absolute atomic E-state index is 0.0737. The first kappa shape index (κ1) is 17.4. The molecule has 2 aromatic rings. The molecule has 27 heavy (non-hydrogen) atoms. The molecular formula is C21H20O6. The van der Waals surface area contributed by atoms with Crippen molar-refractivity contribution < 1.29 is 29.2 Å². The summed E-state index contributed by atoms with van der Waals surface area (Å²) < 4.78 is 16.8. The average Bonchev–Trinajstić information content (AvgIpc) is 2.63. The van der Waals surface area contributed by atoms with Gasteiger partial charge in [0.15, 0.2) is 5.60 Å². The molecule has 0 radical (unpaired) electrons. The molecule has 2 aliphatic heterocycles. The number of rotatable bonds is 2. The first-order valence-corrected chi connectivity index (χ1v) is 8.58. The van der Waals surface area contributed by atoms with Gasteiger partial charge in [-0.3, -0.25) is 4.79 Å². The second-order valence-corrected chi connectivity index (χ2v) is 7.25. The van der Waals surface area contributed by atoms with Crippen molar-refractivity contribution in [2.24, 2.45) is 0 Å². The van der Waals surface area contributed by atoms with Crippen molar-refractivity contribution in [1.29, 1.82) is 0 Å². The molecule has 2 N–H and O–H groups in total. The number of fused-ring (bicyclic) bond motifs is 3. The van der Waals surface area contributed by atoms with Crippen LogP contribution in [0.1, 0.15) is 35.3 Å². The molecule has 0 aliphatic carbocycles. The smallest absolute Gasteiger partial charge is 0.206 e. The zero-order chi connectivity index (χ0) is 19.4. The topological polar surface area (TPSA) is 85.2 Å². The van der Waals surface area contributed by atoms with E-state index in [1.807, 2.05) is 26.0 Å². The van der Waals surface area contributed by atoms with E-state index in [1.165, 1.54) is 19.2 Å². The van der Waals surface area contributed by atoms with E-state index in [0.717, 1.165) is 0 Å². The molecule has 0 fully saturated rings. The molecule has 2 aliphatic rings. The minimum atomic E-state index is -1.99. The van der Waals surface area contributed by atoms with Crippen LogP contribution in [0, 0.1) is 0 Å². The van der Waals surface area contributed by atoms with Gasteiger partial charge in [0.05, 0.1) is 18.2 Å². The van der Waals surface area contributed by atoms with Crippen LogP contribution in [0.25, 0.3) is 6.08 Å². The number of aromatic hydroxyl groups is 1. The van der Waals surface area contributed by atoms with Gasteiger partial charge >= 0.3 is 0 Å². The molecule has 2 heterocycles. The Morgan fingerprint density at radius 3 is 2.67 bits per heavy atom. The molecule has 1 atom stereocenters. The lowest BCUT2D eigenvalue weighted by Crippen LogP contribution is -2.45. The summed E-state index contributed by atoms with van der Waals surface area (Å²) in [5.74, 6) is 0.641. The Bertz CT molecular complexity index is 975. The molecule has 0 bridgehead atoms. The molecule has 0 aromatic heterocycles. The largest absolute Gasteiger partial charge is 0.507 e. The van der Waals surface area contributed by atoms with Crippen molar-refractivity contribution in [3.8, 4) is 23.0 Å². The normalized spacial score (nSPS) is 22.3. The quantitative estimate of drug-likeness (QED) is 0.848. The van der Waals surface area contributed by atoms with Gasteiger partial charge in [-0.15, -0.1) is 0 Å². The summed E-state index contributed by atoms with van der Waals surface area (Å²) in [7, 11) is 1.47. The maximum atomic E-state index is 13.1. The summed E-state index contributed by atoms with van der Waals surface area (Å²) in [5.41, 5.74) is -1.46. The molecule has 0 saturated heterocycles. The molecule has 4 rings (SSSR count). The van der Waals surface area contributed by atoms with Crippen LogP contribution in [0.4, 0.5) is 0 Å². The Kier molecular flexibility index (Phi) is 3.71. The Balaban J connectivity index is 1.78. The fraction of sp³-hybridized carbons (Fsp3) is 0.286. The lowest BCUT2D eigenvalue weighted by molar-refractivity contribution is -0.00653. The molecule has 0 spiro atoms. The highest BCUT2D eigenvalue weighted by Crippen LogP contribution is 2.45.